The number of benzene rings is 1. The number of aliphatic imine (C=N–C) groups is 1. The number of anilines is 1. The topological polar surface area (TPSA) is 68.8 Å². The number of nitrogens with zero attached hydrogens (tertiary/aromatic N) is 2. The van der Waals surface area contributed by atoms with Gasteiger partial charge < -0.3 is 20.9 Å². The smallest absolute Gasteiger partial charge is 0.225 e. The third-order valence-corrected chi connectivity index (χ3v) is 4.46. The summed E-state index contributed by atoms with van der Waals surface area (Å²) in [5, 5.41) is 9.62. The number of fused-ring (bicyclic) bond motifs is 1. The first-order valence-corrected chi connectivity index (χ1v) is 8.73. The van der Waals surface area contributed by atoms with Crippen molar-refractivity contribution in [2.75, 3.05) is 45.1 Å². The van der Waals surface area contributed by atoms with E-state index in [2.05, 4.69) is 45.8 Å². The van der Waals surface area contributed by atoms with Crippen LogP contribution in [0.3, 0.4) is 0 Å². The predicted molar refractivity (Wildman–Crippen MR) is 115 cm³/mol. The molecule has 1 amide bonds. The van der Waals surface area contributed by atoms with Gasteiger partial charge in [0.25, 0.3) is 0 Å². The number of rotatable bonds is 7. The number of hydrogen-bond acceptors (Lipinski definition) is 3. The van der Waals surface area contributed by atoms with E-state index in [0.717, 1.165) is 37.8 Å². The molecule has 2 rings (SSSR count). The van der Waals surface area contributed by atoms with Crippen molar-refractivity contribution >= 4 is 41.5 Å². The number of guanidine groups is 1. The van der Waals surface area contributed by atoms with E-state index >= 15 is 0 Å². The second-order valence-electron chi connectivity index (χ2n) is 5.94. The molecular weight excluding hydrogens is 429 g/mol. The maximum Gasteiger partial charge on any atom is 0.225 e. The molecule has 1 aromatic carbocycles. The Morgan fingerprint density at radius 2 is 2.00 bits per heavy atom. The van der Waals surface area contributed by atoms with Crippen LogP contribution in [0.1, 0.15) is 31.7 Å². The van der Waals surface area contributed by atoms with Crippen LogP contribution in [0, 0.1) is 0 Å². The van der Waals surface area contributed by atoms with Crippen LogP contribution in [0.25, 0.3) is 0 Å². The summed E-state index contributed by atoms with van der Waals surface area (Å²) in [6.07, 6.45) is 0.500. The van der Waals surface area contributed by atoms with Gasteiger partial charge >= 0.3 is 0 Å². The van der Waals surface area contributed by atoms with Crippen molar-refractivity contribution in [2.24, 2.45) is 4.99 Å². The Hall–Kier alpha value is -1.35. The average Bonchev–Trinajstić information content (AvgIpc) is 2.61. The van der Waals surface area contributed by atoms with Crippen LogP contribution >= 0.6 is 24.0 Å². The van der Waals surface area contributed by atoms with E-state index < -0.39 is 0 Å². The van der Waals surface area contributed by atoms with Crippen LogP contribution in [0.2, 0.25) is 0 Å². The molecule has 0 saturated carbocycles. The molecule has 6 nitrogen and oxygen atoms in total. The predicted octanol–water partition coefficient (Wildman–Crippen LogP) is 2.24. The Morgan fingerprint density at radius 3 is 2.68 bits per heavy atom. The largest absolute Gasteiger partial charge is 0.356 e. The van der Waals surface area contributed by atoms with Gasteiger partial charge in [-0.1, -0.05) is 32.0 Å². The van der Waals surface area contributed by atoms with E-state index in [9.17, 15) is 4.79 Å². The van der Waals surface area contributed by atoms with Crippen molar-refractivity contribution in [1.29, 1.82) is 0 Å². The van der Waals surface area contributed by atoms with Gasteiger partial charge in [0, 0.05) is 44.7 Å². The number of carbonyl (C=O) groups is 1. The highest BCUT2D eigenvalue weighted by atomic mass is 127. The molecule has 0 saturated heterocycles. The van der Waals surface area contributed by atoms with E-state index in [1.165, 1.54) is 5.56 Å². The summed E-state index contributed by atoms with van der Waals surface area (Å²) in [6.45, 7) is 8.97. The van der Waals surface area contributed by atoms with Gasteiger partial charge in [-0.25, -0.2) is 0 Å². The van der Waals surface area contributed by atoms with Crippen LogP contribution in [0.5, 0.6) is 0 Å². The van der Waals surface area contributed by atoms with Gasteiger partial charge in [-0.3, -0.25) is 9.79 Å². The maximum atomic E-state index is 11.9. The Kier molecular flexibility index (Phi) is 9.81. The monoisotopic (exact) mass is 459 g/mol. The number of carbonyl (C=O) groups excluding carboxylic acids is 1. The lowest BCUT2D eigenvalue weighted by Gasteiger charge is -2.26. The molecule has 3 N–H and O–H groups in total. The van der Waals surface area contributed by atoms with E-state index in [-0.39, 0.29) is 35.8 Å². The van der Waals surface area contributed by atoms with Crippen LogP contribution in [0.4, 0.5) is 5.69 Å². The third-order valence-electron chi connectivity index (χ3n) is 4.46. The van der Waals surface area contributed by atoms with Crippen LogP contribution in [-0.2, 0) is 4.79 Å². The normalized spacial score (nSPS) is 16.7. The van der Waals surface area contributed by atoms with Crippen molar-refractivity contribution in [3.63, 3.8) is 0 Å². The fourth-order valence-corrected chi connectivity index (χ4v) is 3.00. The average molecular weight is 459 g/mol. The molecule has 1 unspecified atom stereocenters. The van der Waals surface area contributed by atoms with Crippen molar-refractivity contribution in [1.82, 2.24) is 15.5 Å². The molecular formula is C18H30IN5O. The van der Waals surface area contributed by atoms with Gasteiger partial charge in [0.05, 0.1) is 0 Å². The minimum Gasteiger partial charge on any atom is -0.356 e. The highest BCUT2D eigenvalue weighted by molar-refractivity contribution is 14.0. The van der Waals surface area contributed by atoms with Gasteiger partial charge in [-0.05, 0) is 24.7 Å². The van der Waals surface area contributed by atoms with Crippen LogP contribution < -0.4 is 16.0 Å². The van der Waals surface area contributed by atoms with Gasteiger partial charge in [-0.15, -0.1) is 24.0 Å². The quantitative estimate of drug-likeness (QED) is 0.333. The molecule has 0 radical (unpaired) electrons. The molecule has 1 aliphatic heterocycles. The van der Waals surface area contributed by atoms with Gasteiger partial charge in [0.2, 0.25) is 5.91 Å². The first-order valence-electron chi connectivity index (χ1n) is 8.73. The van der Waals surface area contributed by atoms with Crippen LogP contribution in [0.15, 0.2) is 29.3 Å². The molecule has 1 atom stereocenters. The SMILES string of the molecule is CCN(CC)CCNC(=NC)NCC1CC(=O)Nc2ccccc21.I. The van der Waals surface area contributed by atoms with Crippen molar-refractivity contribution in [2.45, 2.75) is 26.2 Å². The molecule has 7 heteroatoms. The summed E-state index contributed by atoms with van der Waals surface area (Å²) < 4.78 is 0. The van der Waals surface area contributed by atoms with Crippen molar-refractivity contribution in [3.05, 3.63) is 29.8 Å². The summed E-state index contributed by atoms with van der Waals surface area (Å²) in [6, 6.07) is 8.00. The van der Waals surface area contributed by atoms with Gasteiger partial charge in [0.1, 0.15) is 0 Å². The molecule has 25 heavy (non-hydrogen) atoms. The van der Waals surface area contributed by atoms with Crippen LogP contribution in [-0.4, -0.2) is 56.5 Å². The second-order valence-corrected chi connectivity index (χ2v) is 5.94. The minimum atomic E-state index is 0. The standard InChI is InChI=1S/C18H29N5O.HI/c1-4-23(5-2)11-10-20-18(19-3)21-13-14-12-17(24)22-16-9-7-6-8-15(14)16;/h6-9,14H,4-5,10-13H2,1-3H3,(H,22,24)(H2,19,20,21);1H. The minimum absolute atomic E-state index is 0. The highest BCUT2D eigenvalue weighted by Gasteiger charge is 2.24. The Labute approximate surface area is 167 Å². The molecule has 140 valence electrons. The summed E-state index contributed by atoms with van der Waals surface area (Å²) in [7, 11) is 1.77. The number of likely N-dealkylation sites (N-methyl/N-ethyl adjacent to an activating group) is 1. The summed E-state index contributed by atoms with van der Waals surface area (Å²) in [4.78, 5) is 18.5. The van der Waals surface area contributed by atoms with E-state index in [1.54, 1.807) is 7.05 Å². The van der Waals surface area contributed by atoms with Gasteiger partial charge in [0.15, 0.2) is 5.96 Å². The summed E-state index contributed by atoms with van der Waals surface area (Å²) in [5.74, 6) is 1.02. The number of hydrogen-bond donors (Lipinski definition) is 3. The molecule has 0 fully saturated rings. The Balaban J connectivity index is 0.00000312. The lowest BCUT2D eigenvalue weighted by atomic mass is 9.90. The molecule has 1 aliphatic rings. The zero-order valence-electron chi connectivity index (χ0n) is 15.3. The molecule has 0 bridgehead atoms. The number of para-hydroxylation sites is 1. The van der Waals surface area contributed by atoms with Gasteiger partial charge in [-0.2, -0.15) is 0 Å². The lowest BCUT2D eigenvalue weighted by Crippen LogP contribution is -2.43. The molecule has 0 aromatic heterocycles. The lowest BCUT2D eigenvalue weighted by molar-refractivity contribution is -0.116. The van der Waals surface area contributed by atoms with Crippen molar-refractivity contribution in [3.8, 4) is 0 Å². The maximum absolute atomic E-state index is 11.9. The Bertz CT molecular complexity index is 574. The zero-order chi connectivity index (χ0) is 17.4. The third kappa shape index (κ3) is 6.47. The van der Waals surface area contributed by atoms with E-state index in [0.29, 0.717) is 13.0 Å². The summed E-state index contributed by atoms with van der Waals surface area (Å²) in [5.41, 5.74) is 2.10. The Morgan fingerprint density at radius 1 is 1.28 bits per heavy atom. The molecule has 0 spiro atoms. The molecule has 1 heterocycles. The fraction of sp³-hybridized carbons (Fsp3) is 0.556. The summed E-state index contributed by atoms with van der Waals surface area (Å²) >= 11 is 0. The zero-order valence-corrected chi connectivity index (χ0v) is 17.7. The first-order chi connectivity index (χ1) is 11.7. The first kappa shape index (κ1) is 21.7. The highest BCUT2D eigenvalue weighted by Crippen LogP contribution is 2.31. The number of halogens is 1. The fourth-order valence-electron chi connectivity index (χ4n) is 3.00. The number of amides is 1. The van der Waals surface area contributed by atoms with Crippen molar-refractivity contribution < 1.29 is 4.79 Å². The van der Waals surface area contributed by atoms with E-state index in [4.69, 9.17) is 0 Å². The second kappa shape index (κ2) is 11.3. The molecule has 1 aromatic rings. The van der Waals surface area contributed by atoms with E-state index in [1.807, 2.05) is 18.2 Å². The molecule has 0 aliphatic carbocycles. The number of nitrogens with one attached hydrogen (secondary N) is 3.